The summed E-state index contributed by atoms with van der Waals surface area (Å²) in [6.45, 7) is 11.0. The maximum atomic E-state index is 13.6. The van der Waals surface area contributed by atoms with E-state index in [0.29, 0.717) is 68.7 Å². The van der Waals surface area contributed by atoms with E-state index in [2.05, 4.69) is 43.9 Å². The molecule has 0 atom stereocenters. The number of aromatic hydroxyl groups is 10. The monoisotopic (exact) mass is 1700 g/mol. The molecular formula is C106H91F2N5O14. The maximum absolute atomic E-state index is 13.6. The van der Waals surface area contributed by atoms with Crippen LogP contribution in [-0.4, -0.2) is 74.7 Å². The van der Waals surface area contributed by atoms with Crippen molar-refractivity contribution in [2.24, 2.45) is 0 Å². The molecule has 0 aliphatic heterocycles. The number of fused-ring (bicyclic) bond motifs is 1. The molecule has 0 spiro atoms. The fourth-order valence-corrected chi connectivity index (χ4v) is 13.6. The van der Waals surface area contributed by atoms with E-state index in [1.54, 1.807) is 172 Å². The number of carbonyl (C=O) groups excluding carboxylic acids is 4. The molecule has 19 nitrogen and oxygen atoms in total. The normalized spacial score (nSPS) is 10.5. The van der Waals surface area contributed by atoms with Crippen LogP contribution in [0.5, 0.6) is 57.5 Å². The van der Waals surface area contributed by atoms with Crippen LogP contribution in [0.3, 0.4) is 0 Å². The number of carbonyl (C=O) groups is 4. The topological polar surface area (TPSA) is 287 Å². The van der Waals surface area contributed by atoms with Crippen molar-refractivity contribution in [2.45, 2.75) is 54.0 Å². The summed E-state index contributed by atoms with van der Waals surface area (Å²) >= 11 is 0. The molecule has 0 radical (unpaired) electrons. The van der Waals surface area contributed by atoms with E-state index < -0.39 is 23.3 Å². The van der Waals surface area contributed by atoms with Crippen LogP contribution in [0.25, 0.3) is 10.8 Å². The molecule has 638 valence electrons. The minimum atomic E-state index is -0.921. The van der Waals surface area contributed by atoms with Gasteiger partial charge in [-0.05, 0) is 369 Å². The fourth-order valence-electron chi connectivity index (χ4n) is 13.6. The summed E-state index contributed by atoms with van der Waals surface area (Å²) < 4.78 is 26.8. The highest BCUT2D eigenvalue weighted by atomic mass is 19.1. The average Bonchev–Trinajstić information content (AvgIpc) is 0.784. The van der Waals surface area contributed by atoms with E-state index in [9.17, 15) is 79.0 Å². The first-order valence-electron chi connectivity index (χ1n) is 40.4. The van der Waals surface area contributed by atoms with Gasteiger partial charge in [-0.25, -0.2) is 8.78 Å². The van der Waals surface area contributed by atoms with Gasteiger partial charge in [0.1, 0.15) is 57.6 Å². The number of hydrogen-bond donors (Lipinski definition) is 10. The van der Waals surface area contributed by atoms with E-state index in [1.807, 2.05) is 111 Å². The third kappa shape index (κ3) is 23.1. The third-order valence-electron chi connectivity index (χ3n) is 20.8. The molecule has 0 saturated heterocycles. The maximum Gasteiger partial charge on any atom is 0.263 e. The summed E-state index contributed by atoms with van der Waals surface area (Å²) in [6.07, 6.45) is 2.04. The highest BCUT2D eigenvalue weighted by molar-refractivity contribution is 6.14. The molecule has 16 rings (SSSR count). The predicted molar refractivity (Wildman–Crippen MR) is 495 cm³/mol. The molecule has 4 amide bonds. The largest absolute Gasteiger partial charge is 0.508 e. The van der Waals surface area contributed by atoms with Crippen molar-refractivity contribution < 1.29 is 79.0 Å². The Morgan fingerprint density at radius 2 is 0.575 bits per heavy atom. The van der Waals surface area contributed by atoms with Gasteiger partial charge in [-0.3, -0.25) is 38.8 Å². The van der Waals surface area contributed by atoms with Gasteiger partial charge in [0.05, 0.1) is 0 Å². The Balaban J connectivity index is 0.000000144. The SMILES string of the molecule is CCCc1ccc(C(=O)N(c2ccc(O)cc2)c2ccc(O)cc2)cc1.Cc1cccc(C(=O)N(c2ccc(O)cc2)c2ccc(O)cc2)c1C.Cc1cccc(CN(c2ccc(O)cc2)c2ccc(O)cc2)c1C.O=C(c1ccc(O)c(F)c1)N(c1ccc(O)cc1)c1ccc(F)cc1.O=C(c1ccc2ccccc2c1)N(c1ccc(O)cc1)c1ccc(O)cc1. The number of anilines is 10. The summed E-state index contributed by atoms with van der Waals surface area (Å²) in [6, 6.07) is 100. The molecule has 0 aliphatic carbocycles. The first-order chi connectivity index (χ1) is 61.2. The first-order valence-corrected chi connectivity index (χ1v) is 40.4. The molecule has 0 aliphatic rings. The van der Waals surface area contributed by atoms with Crippen molar-refractivity contribution >= 4 is 91.3 Å². The molecule has 10 N–H and O–H groups in total. The van der Waals surface area contributed by atoms with Crippen molar-refractivity contribution in [1.29, 1.82) is 0 Å². The number of hydrogen-bond acceptors (Lipinski definition) is 15. The predicted octanol–water partition coefficient (Wildman–Crippen LogP) is 24.4. The van der Waals surface area contributed by atoms with Gasteiger partial charge < -0.3 is 56.0 Å². The van der Waals surface area contributed by atoms with Gasteiger partial charge in [0, 0.05) is 85.7 Å². The van der Waals surface area contributed by atoms with Gasteiger partial charge in [-0.2, -0.15) is 0 Å². The van der Waals surface area contributed by atoms with Gasteiger partial charge in [0.15, 0.2) is 11.6 Å². The second-order valence-corrected chi connectivity index (χ2v) is 29.6. The average molecular weight is 1700 g/mol. The quantitative estimate of drug-likeness (QED) is 0.0382. The summed E-state index contributed by atoms with van der Waals surface area (Å²) in [5.41, 5.74) is 15.2. The Morgan fingerprint density at radius 3 is 0.937 bits per heavy atom. The highest BCUT2D eigenvalue weighted by Gasteiger charge is 2.27. The Labute approximate surface area is 733 Å². The van der Waals surface area contributed by atoms with Crippen LogP contribution in [0.15, 0.2) is 364 Å². The number of aryl methyl sites for hydroxylation is 3. The van der Waals surface area contributed by atoms with E-state index in [0.717, 1.165) is 58.2 Å². The van der Waals surface area contributed by atoms with Crippen molar-refractivity contribution in [3.05, 3.63) is 431 Å². The van der Waals surface area contributed by atoms with Crippen LogP contribution >= 0.6 is 0 Å². The molecule has 21 heteroatoms. The van der Waals surface area contributed by atoms with Crippen molar-refractivity contribution in [2.75, 3.05) is 24.5 Å². The van der Waals surface area contributed by atoms with E-state index in [4.69, 9.17) is 0 Å². The molecule has 0 unspecified atom stereocenters. The fraction of sp³-hybridized carbons (Fsp3) is 0.0755. The van der Waals surface area contributed by atoms with Crippen molar-refractivity contribution in [3.8, 4) is 57.5 Å². The van der Waals surface area contributed by atoms with Gasteiger partial charge in [-0.1, -0.05) is 86.1 Å². The third-order valence-corrected chi connectivity index (χ3v) is 20.8. The van der Waals surface area contributed by atoms with Crippen LogP contribution in [0.2, 0.25) is 0 Å². The number of rotatable bonds is 18. The zero-order valence-electron chi connectivity index (χ0n) is 69.9. The number of halogens is 2. The summed E-state index contributed by atoms with van der Waals surface area (Å²) in [4.78, 5) is 60.8. The van der Waals surface area contributed by atoms with Crippen molar-refractivity contribution in [1.82, 2.24) is 0 Å². The smallest absolute Gasteiger partial charge is 0.263 e. The number of amides is 4. The van der Waals surface area contributed by atoms with Crippen LogP contribution < -0.4 is 24.5 Å². The Kier molecular flexibility index (Phi) is 29.4. The van der Waals surface area contributed by atoms with Crippen LogP contribution in [0.1, 0.15) is 88.2 Å². The molecular weight excluding hydrogens is 1610 g/mol. The Morgan fingerprint density at radius 1 is 0.276 bits per heavy atom. The van der Waals surface area contributed by atoms with Crippen LogP contribution in [0.4, 0.5) is 65.7 Å². The number of benzene rings is 16. The standard InChI is InChI=1S/C23H17NO3.C22H21NO3.C21H19NO3.C21H21NO2.C19H13F2NO3/c25-21-11-7-19(8-12-21)24(20-9-13-22(26)14-10-20)23(27)18-6-5-16-3-1-2-4-17(16)15-18;1-2-3-16-4-6-17(7-5-16)22(26)23(18-8-12-20(24)13-9-18)19-10-14-21(25)15-11-19;1-14-4-3-5-20(15(14)2)21(25)22(16-6-10-18(23)11-7-16)17-8-12-19(24)13-9-17;1-15-4-3-5-17(16(15)2)14-22(18-6-10-20(23)11-7-18)19-8-12-21(24)13-9-19;20-13-2-4-14(5-3-13)22(15-6-8-16(23)9-7-15)19(25)12-1-10-18(24)17(21)11-12/h1-15,25-26H;4-15,24-25H,2-3H2,1H3;3-13,23-24H,1-2H3;3-13,23-24H,14H2,1-2H3;1-11,23-24H. The lowest BCUT2D eigenvalue weighted by atomic mass is 10.0. The molecule has 0 fully saturated rings. The zero-order chi connectivity index (χ0) is 90.4. The molecule has 127 heavy (non-hydrogen) atoms. The zero-order valence-corrected chi connectivity index (χ0v) is 69.9. The number of nitrogens with zero attached hydrogens (tertiary/aromatic N) is 5. The highest BCUT2D eigenvalue weighted by Crippen LogP contribution is 2.38. The van der Waals surface area contributed by atoms with Gasteiger partial charge in [-0.15, -0.1) is 0 Å². The van der Waals surface area contributed by atoms with Gasteiger partial charge in [0.25, 0.3) is 23.6 Å². The number of phenols is 10. The summed E-state index contributed by atoms with van der Waals surface area (Å²) in [5.74, 6) is -1.75. The molecule has 16 aromatic carbocycles. The molecule has 0 aromatic heterocycles. The van der Waals surface area contributed by atoms with Crippen molar-refractivity contribution in [3.63, 3.8) is 0 Å². The summed E-state index contributed by atoms with van der Waals surface area (Å²) in [7, 11) is 0. The Hall–Kier alpha value is -16.7. The second kappa shape index (κ2) is 41.7. The number of phenolic OH excluding ortho intramolecular Hbond substituents is 10. The first kappa shape index (κ1) is 89.6. The van der Waals surface area contributed by atoms with Gasteiger partial charge in [0.2, 0.25) is 0 Å². The minimum Gasteiger partial charge on any atom is -0.508 e. The lowest BCUT2D eigenvalue weighted by Crippen LogP contribution is -2.26. The molecule has 16 aromatic rings. The van der Waals surface area contributed by atoms with Gasteiger partial charge >= 0.3 is 0 Å². The van der Waals surface area contributed by atoms with Crippen LogP contribution in [0, 0.1) is 39.3 Å². The lowest BCUT2D eigenvalue weighted by Gasteiger charge is -2.26. The lowest BCUT2D eigenvalue weighted by molar-refractivity contribution is 0.0990. The Bertz CT molecular complexity index is 6210. The molecule has 0 bridgehead atoms. The second-order valence-electron chi connectivity index (χ2n) is 29.6. The molecule has 0 heterocycles. The van der Waals surface area contributed by atoms with Crippen LogP contribution in [-0.2, 0) is 13.0 Å². The minimum absolute atomic E-state index is 0.00713. The van der Waals surface area contributed by atoms with E-state index in [-0.39, 0.29) is 75.0 Å². The summed E-state index contributed by atoms with van der Waals surface area (Å²) in [5, 5.41) is 97.3. The van der Waals surface area contributed by atoms with E-state index in [1.165, 1.54) is 106 Å². The van der Waals surface area contributed by atoms with E-state index >= 15 is 0 Å². The molecule has 0 saturated carbocycles.